The first kappa shape index (κ1) is 20.6. The molecule has 2 aromatic heterocycles. The van der Waals surface area contributed by atoms with Gasteiger partial charge in [0, 0.05) is 25.0 Å². The third-order valence-corrected chi connectivity index (χ3v) is 7.40. The van der Waals surface area contributed by atoms with Crippen LogP contribution in [0.5, 0.6) is 0 Å². The van der Waals surface area contributed by atoms with Crippen LogP contribution >= 0.6 is 11.3 Å². The summed E-state index contributed by atoms with van der Waals surface area (Å²) >= 11 is 1.26. The molecule has 1 saturated heterocycles. The van der Waals surface area contributed by atoms with Crippen LogP contribution in [-0.2, 0) is 19.4 Å². The van der Waals surface area contributed by atoms with Gasteiger partial charge in [0.1, 0.15) is 4.88 Å². The highest BCUT2D eigenvalue weighted by atomic mass is 32.2. The van der Waals surface area contributed by atoms with E-state index in [0.717, 1.165) is 12.8 Å². The molecule has 3 rings (SSSR count). The van der Waals surface area contributed by atoms with Gasteiger partial charge in [-0.15, -0.1) is 11.3 Å². The van der Waals surface area contributed by atoms with Gasteiger partial charge in [-0.25, -0.2) is 13.2 Å². The molecule has 0 saturated carbocycles. The predicted octanol–water partition coefficient (Wildman–Crippen LogP) is 2.51. The Hall–Kier alpha value is -2.13. The molecule has 0 bridgehead atoms. The molecular weight excluding hydrogens is 400 g/mol. The molecule has 1 fully saturated rings. The number of hydrogen-bond acceptors (Lipinski definition) is 6. The zero-order valence-corrected chi connectivity index (χ0v) is 17.4. The zero-order chi connectivity index (χ0) is 20.1. The Morgan fingerprint density at radius 1 is 1.32 bits per heavy atom. The Labute approximate surface area is 168 Å². The van der Waals surface area contributed by atoms with Crippen molar-refractivity contribution >= 4 is 33.1 Å². The van der Waals surface area contributed by atoms with Gasteiger partial charge in [-0.1, -0.05) is 13.3 Å². The van der Waals surface area contributed by atoms with E-state index in [-0.39, 0.29) is 30.1 Å². The molecule has 2 aromatic rings. The lowest BCUT2D eigenvalue weighted by Gasteiger charge is -2.28. The number of carbonyl (C=O) groups excluding carboxylic acids is 2. The number of ether oxygens (including phenoxy) is 1. The topological polar surface area (TPSA) is 85.7 Å². The minimum atomic E-state index is -3.10. The molecule has 1 amide bonds. The third kappa shape index (κ3) is 4.82. The van der Waals surface area contributed by atoms with Crippen LogP contribution in [0, 0.1) is 0 Å². The van der Waals surface area contributed by atoms with Gasteiger partial charge in [0.15, 0.2) is 16.4 Å². The summed E-state index contributed by atoms with van der Waals surface area (Å²) in [6.07, 6.45) is 5.76. The van der Waals surface area contributed by atoms with Crippen molar-refractivity contribution in [2.45, 2.75) is 32.2 Å². The van der Waals surface area contributed by atoms with Gasteiger partial charge in [-0.2, -0.15) is 0 Å². The molecule has 0 aromatic carbocycles. The Bertz CT molecular complexity index is 918. The van der Waals surface area contributed by atoms with E-state index < -0.39 is 15.8 Å². The largest absolute Gasteiger partial charge is 0.451 e. The molecule has 1 unspecified atom stereocenters. The number of thiophene rings is 1. The lowest BCUT2D eigenvalue weighted by atomic mass is 10.2. The highest BCUT2D eigenvalue weighted by molar-refractivity contribution is 7.91. The van der Waals surface area contributed by atoms with Crippen molar-refractivity contribution in [1.29, 1.82) is 0 Å². The van der Waals surface area contributed by atoms with Gasteiger partial charge in [-0.3, -0.25) is 4.79 Å². The van der Waals surface area contributed by atoms with Crippen molar-refractivity contribution in [3.8, 4) is 5.69 Å². The van der Waals surface area contributed by atoms with E-state index in [9.17, 15) is 18.0 Å². The van der Waals surface area contributed by atoms with Gasteiger partial charge in [0.05, 0.1) is 17.2 Å². The summed E-state index contributed by atoms with van der Waals surface area (Å²) in [5.41, 5.74) is 0.706. The monoisotopic (exact) mass is 424 g/mol. The van der Waals surface area contributed by atoms with Crippen LogP contribution in [0.4, 0.5) is 0 Å². The molecule has 0 radical (unpaired) electrons. The highest BCUT2D eigenvalue weighted by Gasteiger charge is 2.34. The van der Waals surface area contributed by atoms with Gasteiger partial charge in [0.2, 0.25) is 0 Å². The molecule has 0 N–H and O–H groups in total. The summed E-state index contributed by atoms with van der Waals surface area (Å²) in [5.74, 6) is -0.813. The third-order valence-electron chi connectivity index (χ3n) is 4.76. The first-order valence-electron chi connectivity index (χ1n) is 9.29. The highest BCUT2D eigenvalue weighted by Crippen LogP contribution is 2.23. The minimum absolute atomic E-state index is 0.0148. The number of carbonyl (C=O) groups is 2. The molecular formula is C19H24N2O5S2. The molecule has 152 valence electrons. The summed E-state index contributed by atoms with van der Waals surface area (Å²) in [7, 11) is -3.10. The molecule has 9 heteroatoms. The number of unbranched alkanes of at least 4 members (excludes halogenated alkanes) is 1. The lowest BCUT2D eigenvalue weighted by Crippen LogP contribution is -2.43. The predicted molar refractivity (Wildman–Crippen MR) is 108 cm³/mol. The normalized spacial score (nSPS) is 18.1. The Morgan fingerprint density at radius 3 is 2.71 bits per heavy atom. The van der Waals surface area contributed by atoms with Gasteiger partial charge in [-0.05, 0) is 36.4 Å². The average molecular weight is 425 g/mol. The van der Waals surface area contributed by atoms with Gasteiger partial charge in [0.25, 0.3) is 5.91 Å². The van der Waals surface area contributed by atoms with Crippen LogP contribution in [-0.4, -0.2) is 60.5 Å². The molecule has 7 nitrogen and oxygen atoms in total. The maximum atomic E-state index is 12.7. The summed E-state index contributed by atoms with van der Waals surface area (Å²) < 4.78 is 30.7. The second kappa shape index (κ2) is 8.91. The van der Waals surface area contributed by atoms with E-state index in [2.05, 4.69) is 0 Å². The smallest absolute Gasteiger partial charge is 0.350 e. The quantitative estimate of drug-likeness (QED) is 0.608. The molecule has 0 aliphatic carbocycles. The summed E-state index contributed by atoms with van der Waals surface area (Å²) in [4.78, 5) is 27.2. The molecule has 3 heterocycles. The van der Waals surface area contributed by atoms with Crippen molar-refractivity contribution in [1.82, 2.24) is 9.47 Å². The van der Waals surface area contributed by atoms with E-state index in [1.807, 2.05) is 42.1 Å². The van der Waals surface area contributed by atoms with Gasteiger partial charge < -0.3 is 14.2 Å². The van der Waals surface area contributed by atoms with E-state index in [1.165, 1.54) is 11.3 Å². The van der Waals surface area contributed by atoms with Crippen molar-refractivity contribution < 1.29 is 22.7 Å². The van der Waals surface area contributed by atoms with E-state index in [1.54, 1.807) is 10.3 Å². The number of aromatic nitrogens is 1. The van der Waals surface area contributed by atoms with Crippen molar-refractivity contribution in [2.24, 2.45) is 0 Å². The van der Waals surface area contributed by atoms with E-state index in [4.69, 9.17) is 4.74 Å². The standard InChI is InChI=1S/C19H24N2O5S2/c1-2-3-10-21(15-7-12-28(24,25)14-15)17(22)13-26-19(23)18-16(6-11-27-18)20-8-4-5-9-20/h4-6,8-9,11,15H,2-3,7,10,12-14H2,1H3. The van der Waals surface area contributed by atoms with Crippen LogP contribution < -0.4 is 0 Å². The van der Waals surface area contributed by atoms with Crippen LogP contribution in [0.15, 0.2) is 36.0 Å². The number of sulfone groups is 1. The van der Waals surface area contributed by atoms with Crippen molar-refractivity contribution in [3.05, 3.63) is 40.8 Å². The SMILES string of the molecule is CCCCN(C(=O)COC(=O)c1sccc1-n1cccc1)C1CCS(=O)(=O)C1. The lowest BCUT2D eigenvalue weighted by molar-refractivity contribution is -0.136. The Kier molecular flexibility index (Phi) is 6.56. The van der Waals surface area contributed by atoms with Crippen LogP contribution in [0.1, 0.15) is 35.9 Å². The molecule has 28 heavy (non-hydrogen) atoms. The second-order valence-corrected chi connectivity index (χ2v) is 9.94. The van der Waals surface area contributed by atoms with E-state index >= 15 is 0 Å². The number of nitrogens with zero attached hydrogens (tertiary/aromatic N) is 2. The second-order valence-electron chi connectivity index (χ2n) is 6.80. The van der Waals surface area contributed by atoms with Crippen LogP contribution in [0.25, 0.3) is 5.69 Å². The molecule has 1 aliphatic heterocycles. The van der Waals surface area contributed by atoms with Crippen molar-refractivity contribution in [2.75, 3.05) is 24.7 Å². The number of esters is 1. The minimum Gasteiger partial charge on any atom is -0.451 e. The van der Waals surface area contributed by atoms with Crippen LogP contribution in [0.2, 0.25) is 0 Å². The molecule has 0 spiro atoms. The summed E-state index contributed by atoms with van der Waals surface area (Å²) in [6.45, 7) is 2.09. The zero-order valence-electron chi connectivity index (χ0n) is 15.7. The fourth-order valence-corrected chi connectivity index (χ4v) is 5.80. The summed E-state index contributed by atoms with van der Waals surface area (Å²) in [5, 5.41) is 1.80. The Balaban J connectivity index is 1.64. The first-order valence-corrected chi connectivity index (χ1v) is 12.0. The number of rotatable bonds is 8. The Morgan fingerprint density at radius 2 is 2.07 bits per heavy atom. The average Bonchev–Trinajstić information content (AvgIpc) is 3.40. The maximum absolute atomic E-state index is 12.7. The van der Waals surface area contributed by atoms with Crippen LogP contribution in [0.3, 0.4) is 0 Å². The van der Waals surface area contributed by atoms with Gasteiger partial charge >= 0.3 is 5.97 Å². The fraction of sp³-hybridized carbons (Fsp3) is 0.474. The molecule has 1 aliphatic rings. The maximum Gasteiger partial charge on any atom is 0.350 e. The van der Waals surface area contributed by atoms with Crippen molar-refractivity contribution in [3.63, 3.8) is 0 Å². The molecule has 1 atom stereocenters. The number of amides is 1. The first-order chi connectivity index (χ1) is 13.4. The summed E-state index contributed by atoms with van der Waals surface area (Å²) in [6, 6.07) is 5.20. The van der Waals surface area contributed by atoms with E-state index in [0.29, 0.717) is 23.5 Å². The number of hydrogen-bond donors (Lipinski definition) is 0. The fourth-order valence-electron chi connectivity index (χ4n) is 3.29.